The largest absolute Gasteiger partial charge is 0.305 e. The molecule has 148 valence electrons. The van der Waals surface area contributed by atoms with Gasteiger partial charge < -0.3 is 4.57 Å². The van der Waals surface area contributed by atoms with Crippen molar-refractivity contribution in [1.29, 1.82) is 0 Å². The van der Waals surface area contributed by atoms with Gasteiger partial charge in [0, 0.05) is 29.9 Å². The van der Waals surface area contributed by atoms with Crippen molar-refractivity contribution in [3.05, 3.63) is 65.2 Å². The molecular weight excluding hydrogens is 418 g/mol. The fourth-order valence-electron chi connectivity index (χ4n) is 2.79. The lowest BCUT2D eigenvalue weighted by atomic mass is 10.1. The van der Waals surface area contributed by atoms with E-state index in [2.05, 4.69) is 19.9 Å². The first-order chi connectivity index (χ1) is 13.4. The summed E-state index contributed by atoms with van der Waals surface area (Å²) in [5.41, 5.74) is 0.752. The Balaban J connectivity index is 1.99. The zero-order valence-electron chi connectivity index (χ0n) is 15.4. The second kappa shape index (κ2) is 9.04. The molecule has 0 fully saturated rings. The summed E-state index contributed by atoms with van der Waals surface area (Å²) in [7, 11) is -3.79. The van der Waals surface area contributed by atoms with Crippen LogP contribution < -0.4 is 4.72 Å². The highest BCUT2D eigenvalue weighted by atomic mass is 35.5. The third-order valence-corrected chi connectivity index (χ3v) is 6.52. The van der Waals surface area contributed by atoms with Gasteiger partial charge in [0.05, 0.1) is 10.9 Å². The highest BCUT2D eigenvalue weighted by molar-refractivity contribution is 7.98. The molecule has 0 radical (unpaired) electrons. The summed E-state index contributed by atoms with van der Waals surface area (Å²) in [6.07, 6.45) is 3.93. The Kier molecular flexibility index (Phi) is 6.71. The van der Waals surface area contributed by atoms with Crippen molar-refractivity contribution >= 4 is 33.4 Å². The molecule has 10 heteroatoms. The van der Waals surface area contributed by atoms with Crippen LogP contribution in [-0.2, 0) is 23.0 Å². The van der Waals surface area contributed by atoms with Gasteiger partial charge in [-0.05, 0) is 49.6 Å². The number of nitrogens with one attached hydrogen (secondary N) is 1. The van der Waals surface area contributed by atoms with E-state index in [-0.39, 0.29) is 4.90 Å². The molecule has 1 aromatic carbocycles. The summed E-state index contributed by atoms with van der Waals surface area (Å²) in [5, 5.41) is 9.65. The average molecular weight is 438 g/mol. The zero-order valence-corrected chi connectivity index (χ0v) is 17.8. The summed E-state index contributed by atoms with van der Waals surface area (Å²) in [5.74, 6) is 0.551. The first-order valence-corrected chi connectivity index (χ1v) is 11.7. The lowest BCUT2D eigenvalue weighted by Gasteiger charge is -2.19. The lowest BCUT2D eigenvalue weighted by molar-refractivity contribution is 0.515. The van der Waals surface area contributed by atoms with Gasteiger partial charge in [0.1, 0.15) is 0 Å². The second-order valence-corrected chi connectivity index (χ2v) is 8.87. The molecule has 0 saturated carbocycles. The molecule has 7 nitrogen and oxygen atoms in total. The average Bonchev–Trinajstić information content (AvgIpc) is 3.11. The zero-order chi connectivity index (χ0) is 20.1. The third kappa shape index (κ3) is 4.72. The second-order valence-electron chi connectivity index (χ2n) is 5.94. The van der Waals surface area contributed by atoms with E-state index in [1.165, 1.54) is 23.9 Å². The predicted octanol–water partition coefficient (Wildman–Crippen LogP) is 3.33. The van der Waals surface area contributed by atoms with Crippen LogP contribution in [0.1, 0.15) is 24.5 Å². The number of hydrogen-bond acceptors (Lipinski definition) is 6. The molecule has 2 aromatic heterocycles. The lowest BCUT2D eigenvalue weighted by Crippen LogP contribution is -2.32. The van der Waals surface area contributed by atoms with Crippen molar-refractivity contribution in [3.8, 4) is 0 Å². The van der Waals surface area contributed by atoms with Crippen LogP contribution in [-0.4, -0.2) is 34.4 Å². The van der Waals surface area contributed by atoms with E-state index >= 15 is 0 Å². The Morgan fingerprint density at radius 3 is 2.54 bits per heavy atom. The highest BCUT2D eigenvalue weighted by Gasteiger charge is 2.27. The van der Waals surface area contributed by atoms with E-state index in [9.17, 15) is 8.42 Å². The van der Waals surface area contributed by atoms with E-state index in [0.29, 0.717) is 23.8 Å². The maximum Gasteiger partial charge on any atom is 0.241 e. The van der Waals surface area contributed by atoms with Crippen LogP contribution in [0, 0.1) is 0 Å². The van der Waals surface area contributed by atoms with Crippen LogP contribution in [0.5, 0.6) is 0 Å². The molecule has 28 heavy (non-hydrogen) atoms. The number of benzene rings is 1. The number of hydrogen-bond donors (Lipinski definition) is 1. The standard InChI is InChI=1S/C18H20ClN5O2S2/c1-3-24-17(21-22-18(24)27-2)16(12-14-6-4-5-11-20-14)23-28(25,26)15-9-7-13(19)8-10-15/h4-11,16,23H,3,12H2,1-2H3/t16-/m1/s1. The smallest absolute Gasteiger partial charge is 0.241 e. The summed E-state index contributed by atoms with van der Waals surface area (Å²) >= 11 is 7.34. The number of thioether (sulfide) groups is 1. The summed E-state index contributed by atoms with van der Waals surface area (Å²) in [6.45, 7) is 2.60. The van der Waals surface area contributed by atoms with Crippen molar-refractivity contribution in [2.24, 2.45) is 0 Å². The van der Waals surface area contributed by atoms with Gasteiger partial charge in [-0.1, -0.05) is 29.4 Å². The third-order valence-electron chi connectivity index (χ3n) is 4.12. The Bertz CT molecular complexity index is 1020. The quantitative estimate of drug-likeness (QED) is 0.543. The molecule has 0 saturated heterocycles. The molecule has 0 aliphatic carbocycles. The van der Waals surface area contributed by atoms with Gasteiger partial charge in [0.2, 0.25) is 10.0 Å². The van der Waals surface area contributed by atoms with Gasteiger partial charge in [-0.25, -0.2) is 13.1 Å². The van der Waals surface area contributed by atoms with Gasteiger partial charge in [0.25, 0.3) is 0 Å². The number of pyridine rings is 1. The van der Waals surface area contributed by atoms with Crippen LogP contribution in [0.25, 0.3) is 0 Å². The molecular formula is C18H20ClN5O2S2. The molecule has 1 atom stereocenters. The molecule has 3 rings (SSSR count). The van der Waals surface area contributed by atoms with Crippen molar-refractivity contribution in [1.82, 2.24) is 24.5 Å². The number of halogens is 1. The maximum atomic E-state index is 13.0. The number of aromatic nitrogens is 4. The number of sulfonamides is 1. The molecule has 2 heterocycles. The van der Waals surface area contributed by atoms with Crippen LogP contribution in [0.15, 0.2) is 58.7 Å². The van der Waals surface area contributed by atoms with E-state index in [1.54, 1.807) is 18.3 Å². The van der Waals surface area contributed by atoms with E-state index < -0.39 is 16.1 Å². The first-order valence-electron chi connectivity index (χ1n) is 8.59. The molecule has 0 bridgehead atoms. The van der Waals surface area contributed by atoms with E-state index in [4.69, 9.17) is 11.6 Å². The molecule has 0 aliphatic heterocycles. The minimum absolute atomic E-state index is 0.135. The van der Waals surface area contributed by atoms with Gasteiger partial charge in [-0.2, -0.15) is 0 Å². The van der Waals surface area contributed by atoms with Crippen molar-refractivity contribution in [2.45, 2.75) is 36.0 Å². The van der Waals surface area contributed by atoms with Crippen LogP contribution >= 0.6 is 23.4 Å². The van der Waals surface area contributed by atoms with Gasteiger partial charge in [-0.15, -0.1) is 10.2 Å². The predicted molar refractivity (Wildman–Crippen MR) is 110 cm³/mol. The van der Waals surface area contributed by atoms with Crippen LogP contribution in [0.3, 0.4) is 0 Å². The topological polar surface area (TPSA) is 89.8 Å². The normalized spacial score (nSPS) is 12.8. The van der Waals surface area contributed by atoms with E-state index in [0.717, 1.165) is 10.9 Å². The SMILES string of the molecule is CCn1c(SC)nnc1[C@@H](Cc1ccccn1)NS(=O)(=O)c1ccc(Cl)cc1. The fourth-order valence-corrected chi connectivity index (χ4v) is 4.67. The minimum atomic E-state index is -3.79. The molecule has 0 aliphatic rings. The molecule has 0 amide bonds. The first kappa shape index (κ1) is 20.8. The monoisotopic (exact) mass is 437 g/mol. The number of nitrogens with zero attached hydrogens (tertiary/aromatic N) is 4. The van der Waals surface area contributed by atoms with Gasteiger partial charge in [-0.3, -0.25) is 4.98 Å². The fraction of sp³-hybridized carbons (Fsp3) is 0.278. The highest BCUT2D eigenvalue weighted by Crippen LogP contribution is 2.24. The van der Waals surface area contributed by atoms with Crippen LogP contribution in [0.2, 0.25) is 5.02 Å². The Morgan fingerprint density at radius 1 is 1.18 bits per heavy atom. The molecule has 3 aromatic rings. The Morgan fingerprint density at radius 2 is 1.93 bits per heavy atom. The summed E-state index contributed by atoms with van der Waals surface area (Å²) in [6, 6.07) is 11.0. The maximum absolute atomic E-state index is 13.0. The van der Waals surface area contributed by atoms with Gasteiger partial charge >= 0.3 is 0 Å². The van der Waals surface area contributed by atoms with Crippen molar-refractivity contribution < 1.29 is 8.42 Å². The summed E-state index contributed by atoms with van der Waals surface area (Å²) in [4.78, 5) is 4.46. The molecule has 0 unspecified atom stereocenters. The molecule has 1 N–H and O–H groups in total. The minimum Gasteiger partial charge on any atom is -0.305 e. The van der Waals surface area contributed by atoms with Gasteiger partial charge in [0.15, 0.2) is 11.0 Å². The number of rotatable bonds is 8. The van der Waals surface area contributed by atoms with Crippen molar-refractivity contribution in [3.63, 3.8) is 0 Å². The molecule has 0 spiro atoms. The summed E-state index contributed by atoms with van der Waals surface area (Å²) < 4.78 is 30.6. The van der Waals surface area contributed by atoms with Crippen LogP contribution in [0.4, 0.5) is 0 Å². The van der Waals surface area contributed by atoms with E-state index in [1.807, 2.05) is 35.9 Å². The Labute approximate surface area is 173 Å². The Hall–Kier alpha value is -1.94. The van der Waals surface area contributed by atoms with Crippen molar-refractivity contribution in [2.75, 3.05) is 6.26 Å².